The Hall–Kier alpha value is -0.560. The molecule has 4 aliphatic rings. The lowest BCUT2D eigenvalue weighted by atomic mass is 9.43. The van der Waals surface area contributed by atoms with E-state index in [-0.39, 0.29) is 28.6 Å². The Labute approximate surface area is 145 Å². The van der Waals surface area contributed by atoms with Crippen LogP contribution in [0, 0.1) is 46.8 Å². The molecule has 0 amide bonds. The van der Waals surface area contributed by atoms with Crippen LogP contribution in [0.25, 0.3) is 0 Å². The zero-order chi connectivity index (χ0) is 17.3. The van der Waals surface area contributed by atoms with Crippen LogP contribution in [0.15, 0.2) is 0 Å². The molecule has 3 nitrogen and oxygen atoms in total. The molecule has 4 saturated carbocycles. The van der Waals surface area contributed by atoms with Crippen LogP contribution in [0.1, 0.15) is 65.2 Å². The first-order chi connectivity index (χ1) is 11.3. The maximum Gasteiger partial charge on any atom is 0.130 e. The molecule has 4 aliphatic carbocycles. The van der Waals surface area contributed by atoms with Crippen LogP contribution in [0.5, 0.6) is 0 Å². The van der Waals surface area contributed by atoms with Gasteiger partial charge in [-0.25, -0.2) is 0 Å². The minimum Gasteiger partial charge on any atom is -0.390 e. The van der Waals surface area contributed by atoms with Crippen LogP contribution in [-0.4, -0.2) is 33.1 Å². The van der Waals surface area contributed by atoms with Gasteiger partial charge in [0.15, 0.2) is 0 Å². The minimum absolute atomic E-state index is 0.0699. The molecule has 0 radical (unpaired) electrons. The molecule has 0 aromatic heterocycles. The largest absolute Gasteiger partial charge is 0.390 e. The number of hydrogen-bond donors (Lipinski definition) is 3. The van der Waals surface area contributed by atoms with Gasteiger partial charge in [0.2, 0.25) is 0 Å². The molecule has 0 heterocycles. The van der Waals surface area contributed by atoms with Gasteiger partial charge >= 0.3 is 0 Å². The maximum absolute atomic E-state index is 11.0. The van der Waals surface area contributed by atoms with E-state index in [0.29, 0.717) is 12.3 Å². The van der Waals surface area contributed by atoms with E-state index in [9.17, 15) is 15.3 Å². The van der Waals surface area contributed by atoms with Crippen molar-refractivity contribution in [3.05, 3.63) is 0 Å². The molecule has 0 spiro atoms. The van der Waals surface area contributed by atoms with Gasteiger partial charge in [0.25, 0.3) is 0 Å². The molecule has 0 aliphatic heterocycles. The molecule has 0 bridgehead atoms. The van der Waals surface area contributed by atoms with Crippen LogP contribution in [0.4, 0.5) is 0 Å². The zero-order valence-corrected chi connectivity index (χ0v) is 15.0. The number of rotatable bonds is 0. The normalized spacial score (nSPS) is 59.8. The Balaban J connectivity index is 1.75. The highest BCUT2D eigenvalue weighted by Crippen LogP contribution is 2.68. The fourth-order valence-corrected chi connectivity index (χ4v) is 7.57. The molecule has 4 rings (SSSR count). The first kappa shape index (κ1) is 16.9. The van der Waals surface area contributed by atoms with Crippen molar-refractivity contribution in [1.29, 1.82) is 0 Å². The second-order valence-electron chi connectivity index (χ2n) is 9.63. The van der Waals surface area contributed by atoms with E-state index in [0.717, 1.165) is 32.1 Å². The van der Waals surface area contributed by atoms with Gasteiger partial charge in [-0.2, -0.15) is 0 Å². The molecular formula is C21H32O3. The number of terminal acetylenes is 1. The Morgan fingerprint density at radius 1 is 0.875 bits per heavy atom. The van der Waals surface area contributed by atoms with Gasteiger partial charge in [-0.3, -0.25) is 0 Å². The van der Waals surface area contributed by atoms with Crippen molar-refractivity contribution in [2.45, 2.75) is 83.0 Å². The third kappa shape index (κ3) is 1.86. The van der Waals surface area contributed by atoms with E-state index in [4.69, 9.17) is 6.42 Å². The molecule has 0 aromatic carbocycles. The number of fused-ring (bicyclic) bond motifs is 5. The second kappa shape index (κ2) is 5.22. The van der Waals surface area contributed by atoms with Crippen LogP contribution in [0.2, 0.25) is 0 Å². The smallest absolute Gasteiger partial charge is 0.130 e. The molecule has 24 heavy (non-hydrogen) atoms. The standard InChI is InChI=1S/C21H32O3/c1-4-21(24)12-9-14-16-13(8-11-20(14,21)3)19(2)10-6-5-7-15(19)17(22)18(16)23/h1,13-18,22-24H,5-12H2,2-3H3. The van der Waals surface area contributed by atoms with Gasteiger partial charge in [0, 0.05) is 5.41 Å². The fraction of sp³-hybridized carbons (Fsp3) is 0.905. The van der Waals surface area contributed by atoms with Gasteiger partial charge in [-0.05, 0) is 67.6 Å². The summed E-state index contributed by atoms with van der Waals surface area (Å²) in [6.07, 6.45) is 12.4. The third-order valence-electron chi connectivity index (χ3n) is 9.05. The summed E-state index contributed by atoms with van der Waals surface area (Å²) in [6, 6.07) is 0. The van der Waals surface area contributed by atoms with E-state index >= 15 is 0 Å². The third-order valence-corrected chi connectivity index (χ3v) is 9.05. The summed E-state index contributed by atoms with van der Waals surface area (Å²) in [5.74, 6) is 3.62. The predicted molar refractivity (Wildman–Crippen MR) is 92.9 cm³/mol. The number of aliphatic hydroxyl groups is 3. The Morgan fingerprint density at radius 2 is 1.58 bits per heavy atom. The summed E-state index contributed by atoms with van der Waals surface area (Å²) in [4.78, 5) is 0. The second-order valence-corrected chi connectivity index (χ2v) is 9.63. The highest BCUT2D eigenvalue weighted by Gasteiger charge is 2.67. The average molecular weight is 332 g/mol. The van der Waals surface area contributed by atoms with Crippen molar-refractivity contribution in [3.63, 3.8) is 0 Å². The average Bonchev–Trinajstić information content (AvgIpc) is 2.84. The van der Waals surface area contributed by atoms with Crippen molar-refractivity contribution in [2.75, 3.05) is 0 Å². The number of aliphatic hydroxyl groups excluding tert-OH is 2. The zero-order valence-electron chi connectivity index (χ0n) is 15.0. The van der Waals surface area contributed by atoms with Crippen molar-refractivity contribution in [2.24, 2.45) is 34.5 Å². The van der Waals surface area contributed by atoms with Crippen LogP contribution in [-0.2, 0) is 0 Å². The van der Waals surface area contributed by atoms with Gasteiger partial charge in [0.05, 0.1) is 12.2 Å². The molecule has 134 valence electrons. The summed E-state index contributed by atoms with van der Waals surface area (Å²) in [5.41, 5.74) is -1.27. The van der Waals surface area contributed by atoms with Gasteiger partial charge in [0.1, 0.15) is 5.60 Å². The summed E-state index contributed by atoms with van der Waals surface area (Å²) < 4.78 is 0. The van der Waals surface area contributed by atoms with E-state index in [1.165, 1.54) is 12.8 Å². The highest BCUT2D eigenvalue weighted by molar-refractivity contribution is 5.24. The molecule has 3 heteroatoms. The topological polar surface area (TPSA) is 60.7 Å². The Morgan fingerprint density at radius 3 is 2.29 bits per heavy atom. The summed E-state index contributed by atoms with van der Waals surface area (Å²) in [5, 5.41) is 33.0. The summed E-state index contributed by atoms with van der Waals surface area (Å²) >= 11 is 0. The lowest BCUT2D eigenvalue weighted by Crippen LogP contribution is -2.64. The van der Waals surface area contributed by atoms with Gasteiger partial charge in [-0.15, -0.1) is 6.42 Å². The Bertz CT molecular complexity index is 568. The highest BCUT2D eigenvalue weighted by atomic mass is 16.3. The van der Waals surface area contributed by atoms with Crippen LogP contribution in [0.3, 0.4) is 0 Å². The molecule has 9 atom stereocenters. The van der Waals surface area contributed by atoms with E-state index < -0.39 is 17.8 Å². The summed E-state index contributed by atoms with van der Waals surface area (Å²) in [7, 11) is 0. The van der Waals surface area contributed by atoms with Gasteiger partial charge < -0.3 is 15.3 Å². The quantitative estimate of drug-likeness (QED) is 0.598. The van der Waals surface area contributed by atoms with Crippen LogP contribution < -0.4 is 0 Å². The molecule has 0 saturated heterocycles. The van der Waals surface area contributed by atoms with E-state index in [1.54, 1.807) is 0 Å². The van der Waals surface area contributed by atoms with Crippen molar-refractivity contribution < 1.29 is 15.3 Å². The predicted octanol–water partition coefficient (Wildman–Crippen LogP) is 2.73. The van der Waals surface area contributed by atoms with Crippen molar-refractivity contribution >= 4 is 0 Å². The van der Waals surface area contributed by atoms with Crippen molar-refractivity contribution in [1.82, 2.24) is 0 Å². The molecule has 3 N–H and O–H groups in total. The Kier molecular flexibility index (Phi) is 3.67. The van der Waals surface area contributed by atoms with E-state index in [2.05, 4.69) is 19.8 Å². The first-order valence-electron chi connectivity index (χ1n) is 9.85. The molecular weight excluding hydrogens is 300 g/mol. The minimum atomic E-state index is -1.06. The molecule has 9 unspecified atom stereocenters. The lowest BCUT2D eigenvalue weighted by Gasteiger charge is -2.63. The SMILES string of the molecule is C#CC1(O)CCC2C3C(O)C(O)C4CCCCC4(C)C3CCC21C. The van der Waals surface area contributed by atoms with Crippen molar-refractivity contribution in [3.8, 4) is 12.3 Å². The monoisotopic (exact) mass is 332 g/mol. The summed E-state index contributed by atoms with van der Waals surface area (Å²) in [6.45, 7) is 4.48. The lowest BCUT2D eigenvalue weighted by molar-refractivity contribution is -0.220. The molecule has 4 fully saturated rings. The van der Waals surface area contributed by atoms with Gasteiger partial charge in [-0.1, -0.05) is 32.6 Å². The maximum atomic E-state index is 11.0. The van der Waals surface area contributed by atoms with E-state index in [1.807, 2.05) is 0 Å². The first-order valence-corrected chi connectivity index (χ1v) is 9.85. The molecule has 0 aromatic rings. The van der Waals surface area contributed by atoms with Crippen LogP contribution >= 0.6 is 0 Å². The number of hydrogen-bond acceptors (Lipinski definition) is 3. The fourth-order valence-electron chi connectivity index (χ4n) is 7.57.